The maximum absolute atomic E-state index is 15.2. The highest BCUT2D eigenvalue weighted by molar-refractivity contribution is 6.05. The molecule has 0 aliphatic carbocycles. The van der Waals surface area contributed by atoms with E-state index in [1.807, 2.05) is 4.90 Å². The van der Waals surface area contributed by atoms with Crippen LogP contribution in [-0.4, -0.2) is 104 Å². The molecule has 2 aromatic carbocycles. The lowest BCUT2D eigenvalue weighted by atomic mass is 10.0. The zero-order chi connectivity index (χ0) is 45.1. The highest BCUT2D eigenvalue weighted by Crippen LogP contribution is 2.35. The van der Waals surface area contributed by atoms with Crippen LogP contribution in [0.15, 0.2) is 48.7 Å². The summed E-state index contributed by atoms with van der Waals surface area (Å²) < 4.78 is 65.2. The van der Waals surface area contributed by atoms with E-state index in [0.717, 1.165) is 30.1 Å². The van der Waals surface area contributed by atoms with Crippen molar-refractivity contribution >= 4 is 35.3 Å². The van der Waals surface area contributed by atoms with Crippen molar-refractivity contribution in [2.75, 3.05) is 49.9 Å². The number of piperazine rings is 1. The van der Waals surface area contributed by atoms with Crippen molar-refractivity contribution in [1.82, 2.24) is 29.2 Å². The molecule has 4 aromatic rings. The molecule has 0 unspecified atom stereocenters. The van der Waals surface area contributed by atoms with Crippen LogP contribution in [0.1, 0.15) is 85.4 Å². The molecule has 0 atom stereocenters. The highest BCUT2D eigenvalue weighted by Gasteiger charge is 2.36. The Morgan fingerprint density at radius 3 is 2.32 bits per heavy atom. The van der Waals surface area contributed by atoms with Crippen LogP contribution in [0, 0.1) is 17.7 Å². The lowest BCUT2D eigenvalue weighted by molar-refractivity contribution is -0.138. The van der Waals surface area contributed by atoms with Gasteiger partial charge in [-0.25, -0.2) is 24.1 Å². The summed E-state index contributed by atoms with van der Waals surface area (Å²) in [5.41, 5.74) is 0.552. The van der Waals surface area contributed by atoms with Crippen molar-refractivity contribution in [2.24, 2.45) is 7.05 Å². The number of anilines is 2. The molecule has 62 heavy (non-hydrogen) atoms. The maximum Gasteiger partial charge on any atom is 0.417 e. The predicted molar refractivity (Wildman–Crippen MR) is 225 cm³/mol. The van der Waals surface area contributed by atoms with Gasteiger partial charge in [-0.1, -0.05) is 24.0 Å². The molecule has 0 radical (unpaired) electrons. The van der Waals surface area contributed by atoms with Gasteiger partial charge in [0.05, 0.1) is 40.9 Å². The summed E-state index contributed by atoms with van der Waals surface area (Å²) >= 11 is 0. The molecule has 4 heterocycles. The fraction of sp³-hybridized carbons (Fsp3) is 0.422. The van der Waals surface area contributed by atoms with Crippen molar-refractivity contribution < 1.29 is 41.5 Å². The molecule has 1 saturated heterocycles. The first kappa shape index (κ1) is 45.4. The standard InChI is InChI=1S/C45H50F4N8O5/c1-27(2)56-18-16-55(17-19-56)26-32-11-12-33(22-35(32)45(47,48)49)52-39(59)21-29-8-13-36(46)30(20-29)9-10-31-25-51-42(50-24-28(3)58)53-40(31)38-23-34-37(54(38)7)14-15-57(41(34)60)43(61)62-44(4,5)6/h8,11-13,20,22-23,25,27H,14-19,21,24,26H2,1-7H3,(H,52,59)(H,50,51,53). The number of halogens is 4. The summed E-state index contributed by atoms with van der Waals surface area (Å²) in [4.78, 5) is 65.5. The molecular formula is C45H50F4N8O5. The topological polar surface area (TPSA) is 142 Å². The number of carbonyl (C=O) groups is 4. The summed E-state index contributed by atoms with van der Waals surface area (Å²) in [7, 11) is 1.73. The van der Waals surface area contributed by atoms with Crippen molar-refractivity contribution in [3.8, 4) is 23.2 Å². The SMILES string of the molecule is CC(=O)CNc1ncc(C#Cc2cc(CC(=O)Nc3ccc(CN4CCN(C(C)C)CC4)c(C(F)(F)F)c3)ccc2F)c(-c2cc3c(n2C)CCN(C(=O)OC(C)(C)C)C3=O)n1. The zero-order valence-corrected chi connectivity index (χ0v) is 35.8. The zero-order valence-electron chi connectivity index (χ0n) is 35.8. The van der Waals surface area contributed by atoms with Crippen molar-refractivity contribution in [3.63, 3.8) is 0 Å². The first-order chi connectivity index (χ1) is 29.2. The lowest BCUT2D eigenvalue weighted by Crippen LogP contribution is -2.48. The summed E-state index contributed by atoms with van der Waals surface area (Å²) in [6, 6.07) is 9.63. The van der Waals surface area contributed by atoms with Crippen LogP contribution in [0.5, 0.6) is 0 Å². The number of imide groups is 1. The maximum atomic E-state index is 15.2. The molecule has 2 aromatic heterocycles. The van der Waals surface area contributed by atoms with Gasteiger partial charge < -0.3 is 19.9 Å². The number of carbonyl (C=O) groups excluding carboxylic acids is 4. The normalized spacial score (nSPS) is 14.9. The summed E-state index contributed by atoms with van der Waals surface area (Å²) in [5.74, 6) is 3.77. The Bertz CT molecular complexity index is 2440. The number of hydrogen-bond donors (Lipinski definition) is 2. The van der Waals surface area contributed by atoms with Gasteiger partial charge in [0.2, 0.25) is 11.9 Å². The van der Waals surface area contributed by atoms with Crippen LogP contribution in [0.3, 0.4) is 0 Å². The number of nitrogens with one attached hydrogen (secondary N) is 2. The van der Waals surface area contributed by atoms with E-state index >= 15 is 4.39 Å². The van der Waals surface area contributed by atoms with Gasteiger partial charge in [-0.15, -0.1) is 0 Å². The monoisotopic (exact) mass is 858 g/mol. The van der Waals surface area contributed by atoms with Crippen LogP contribution < -0.4 is 10.6 Å². The summed E-state index contributed by atoms with van der Waals surface area (Å²) in [6.45, 7) is 13.7. The second kappa shape index (κ2) is 18.5. The molecule has 0 saturated carbocycles. The van der Waals surface area contributed by atoms with E-state index in [4.69, 9.17) is 4.74 Å². The van der Waals surface area contributed by atoms with E-state index in [1.165, 1.54) is 37.4 Å². The number of nitrogens with zero attached hydrogens (tertiary/aromatic N) is 6. The smallest absolute Gasteiger partial charge is 0.417 e. The average molecular weight is 859 g/mol. The fourth-order valence-corrected chi connectivity index (χ4v) is 7.31. The third-order valence-corrected chi connectivity index (χ3v) is 10.5. The van der Waals surface area contributed by atoms with Gasteiger partial charge >= 0.3 is 12.3 Å². The Morgan fingerprint density at radius 2 is 1.66 bits per heavy atom. The van der Waals surface area contributed by atoms with Gasteiger partial charge in [-0.05, 0) is 83.0 Å². The van der Waals surface area contributed by atoms with Gasteiger partial charge in [0.15, 0.2) is 0 Å². The number of alkyl halides is 3. The minimum absolute atomic E-state index is 0.0202. The van der Waals surface area contributed by atoms with Gasteiger partial charge in [-0.3, -0.25) is 24.2 Å². The Kier molecular flexibility index (Phi) is 13.5. The first-order valence-corrected chi connectivity index (χ1v) is 20.3. The number of fused-ring (bicyclic) bond motifs is 1. The Balaban J connectivity index is 1.22. The third kappa shape index (κ3) is 11.0. The largest absolute Gasteiger partial charge is 0.443 e. The van der Waals surface area contributed by atoms with E-state index in [1.54, 1.807) is 38.5 Å². The Hall–Kier alpha value is -6.12. The molecule has 17 heteroatoms. The number of rotatable bonds is 10. The van der Waals surface area contributed by atoms with E-state index in [-0.39, 0.29) is 71.4 Å². The molecule has 13 nitrogen and oxygen atoms in total. The van der Waals surface area contributed by atoms with E-state index in [0.29, 0.717) is 42.5 Å². The molecule has 3 amide bonds. The van der Waals surface area contributed by atoms with Crippen LogP contribution in [0.2, 0.25) is 0 Å². The molecule has 1 fully saturated rings. The molecule has 2 aliphatic heterocycles. The minimum Gasteiger partial charge on any atom is -0.443 e. The van der Waals surface area contributed by atoms with Gasteiger partial charge in [0.1, 0.15) is 22.9 Å². The highest BCUT2D eigenvalue weighted by atomic mass is 19.4. The fourth-order valence-electron chi connectivity index (χ4n) is 7.31. The number of aromatic nitrogens is 3. The van der Waals surface area contributed by atoms with Crippen molar-refractivity contribution in [3.05, 3.63) is 93.6 Å². The third-order valence-electron chi connectivity index (χ3n) is 10.5. The van der Waals surface area contributed by atoms with Crippen LogP contribution in [-0.2, 0) is 46.9 Å². The molecule has 0 bridgehead atoms. The van der Waals surface area contributed by atoms with Crippen LogP contribution in [0.4, 0.5) is 34.0 Å². The van der Waals surface area contributed by atoms with E-state index in [9.17, 15) is 32.3 Å². The molecule has 0 spiro atoms. The Morgan fingerprint density at radius 1 is 0.952 bits per heavy atom. The molecule has 2 aliphatic rings. The number of amides is 3. The molecular weight excluding hydrogens is 809 g/mol. The number of ketones is 1. The average Bonchev–Trinajstić information content (AvgIpc) is 3.53. The van der Waals surface area contributed by atoms with Crippen LogP contribution in [0.25, 0.3) is 11.4 Å². The second-order valence-corrected chi connectivity index (χ2v) is 16.7. The second-order valence-electron chi connectivity index (χ2n) is 16.7. The van der Waals surface area contributed by atoms with Gasteiger partial charge in [0.25, 0.3) is 5.91 Å². The Labute approximate surface area is 357 Å². The predicted octanol–water partition coefficient (Wildman–Crippen LogP) is 6.68. The van der Waals surface area contributed by atoms with Gasteiger partial charge in [0, 0.05) is 76.4 Å². The first-order valence-electron chi connectivity index (χ1n) is 20.3. The van der Waals surface area contributed by atoms with Crippen LogP contribution >= 0.6 is 0 Å². The van der Waals surface area contributed by atoms with Gasteiger partial charge in [-0.2, -0.15) is 13.2 Å². The molecule has 328 valence electrons. The lowest BCUT2D eigenvalue weighted by Gasteiger charge is -2.37. The summed E-state index contributed by atoms with van der Waals surface area (Å²) in [6.07, 6.45) is -3.98. The number of Topliss-reactive ketones (excluding diaryl/α,β-unsaturated/α-hetero) is 1. The minimum atomic E-state index is -4.64. The molecule has 2 N–H and O–H groups in total. The molecule has 6 rings (SSSR count). The number of benzene rings is 2. The number of hydrogen-bond acceptors (Lipinski definition) is 10. The summed E-state index contributed by atoms with van der Waals surface area (Å²) in [5, 5.41) is 5.40. The van der Waals surface area contributed by atoms with E-state index < -0.39 is 41.1 Å². The van der Waals surface area contributed by atoms with Crippen molar-refractivity contribution in [1.29, 1.82) is 0 Å². The number of ether oxygens (including phenoxy) is 1. The van der Waals surface area contributed by atoms with Crippen molar-refractivity contribution in [2.45, 2.75) is 78.7 Å². The quantitative estimate of drug-likeness (QED) is 0.131. The van der Waals surface area contributed by atoms with E-state index in [2.05, 4.69) is 51.2 Å².